The van der Waals surface area contributed by atoms with Gasteiger partial charge in [0.25, 0.3) is 11.1 Å². The Labute approximate surface area is 377 Å². The molecule has 2 aromatic heterocycles. The Bertz CT molecular complexity index is 2010. The van der Waals surface area contributed by atoms with E-state index in [0.29, 0.717) is 88.7 Å². The molecule has 8 heterocycles. The van der Waals surface area contributed by atoms with Crippen molar-refractivity contribution >= 4 is 24.0 Å². The average molecular weight is 883 g/mol. The molecule has 8 aliphatic rings. The van der Waals surface area contributed by atoms with Crippen LogP contribution < -0.4 is 11.1 Å². The number of morpholine rings is 2. The molecule has 2 saturated carbocycles. The normalized spacial score (nSPS) is 30.9. The van der Waals surface area contributed by atoms with Gasteiger partial charge in [-0.05, 0) is 75.6 Å². The van der Waals surface area contributed by atoms with Gasteiger partial charge in [0.15, 0.2) is 0 Å². The summed E-state index contributed by atoms with van der Waals surface area (Å²) in [6.45, 7) is 11.4. The van der Waals surface area contributed by atoms with Crippen LogP contribution in [0.4, 0.5) is 0 Å². The zero-order valence-corrected chi connectivity index (χ0v) is 38.0. The van der Waals surface area contributed by atoms with Crippen LogP contribution in [0.3, 0.4) is 0 Å². The highest BCUT2D eigenvalue weighted by Gasteiger charge is 2.58. The number of ether oxygens (including phenoxy) is 2. The van der Waals surface area contributed by atoms with Gasteiger partial charge in [-0.25, -0.2) is 0 Å². The van der Waals surface area contributed by atoms with E-state index in [1.807, 2.05) is 81.4 Å². The lowest BCUT2D eigenvalue weighted by molar-refractivity contribution is -0.143. The second-order valence-electron chi connectivity index (χ2n) is 19.6. The monoisotopic (exact) mass is 883 g/mol. The maximum Gasteiger partial charge on any atom is 0.258 e. The Hall–Kier alpha value is -3.92. The van der Waals surface area contributed by atoms with Crippen LogP contribution in [0.2, 0.25) is 0 Å². The smallest absolute Gasteiger partial charge is 0.258 e. The van der Waals surface area contributed by atoms with E-state index < -0.39 is 0 Å². The van der Waals surface area contributed by atoms with Gasteiger partial charge in [-0.3, -0.25) is 29.0 Å². The molecule has 6 aliphatic heterocycles. The van der Waals surface area contributed by atoms with Gasteiger partial charge in [0.1, 0.15) is 0 Å². The fraction of sp³-hybridized carbons (Fsp3) is 0.680. The van der Waals surface area contributed by atoms with Crippen LogP contribution in [0.1, 0.15) is 99.8 Å². The summed E-state index contributed by atoms with van der Waals surface area (Å²) in [5.74, 6) is 0.497. The van der Waals surface area contributed by atoms with Crippen LogP contribution >= 0.6 is 0 Å². The molecule has 0 radical (unpaired) electrons. The van der Waals surface area contributed by atoms with Crippen molar-refractivity contribution in [2.75, 3.05) is 78.9 Å². The van der Waals surface area contributed by atoms with Crippen molar-refractivity contribution in [2.24, 2.45) is 35.5 Å². The van der Waals surface area contributed by atoms with Crippen LogP contribution in [-0.4, -0.2) is 142 Å². The minimum Gasteiger partial charge on any atom is -0.396 e. The molecule has 2 N–H and O–H groups in total. The molecule has 2 aromatic rings. The third-order valence-electron chi connectivity index (χ3n) is 16.2. The maximum absolute atomic E-state index is 13.8. The Morgan fingerprint density at radius 1 is 0.609 bits per heavy atom. The van der Waals surface area contributed by atoms with Crippen molar-refractivity contribution in [3.63, 3.8) is 0 Å². The molecule has 8 atom stereocenters. The van der Waals surface area contributed by atoms with Gasteiger partial charge in [0.2, 0.25) is 11.8 Å². The first-order chi connectivity index (χ1) is 31.3. The topological polar surface area (TPSA) is 150 Å². The van der Waals surface area contributed by atoms with Crippen molar-refractivity contribution in [3.8, 4) is 0 Å². The predicted molar refractivity (Wildman–Crippen MR) is 244 cm³/mol. The SMILES string of the molecule is C/C=C/c1ccc2n(c1=O)C[C@H]1[C@H](CO)[C@@H](C(=O)N3CCOCC3)[C@@H]2N1CC1CCCC1.C/C=C\c1ccc2n(c1=O)C[C@H]1[C@H](CO)[C@@H](C(=O)N3CCOCC3)[C@@H]2N1CC1CCCC1. The van der Waals surface area contributed by atoms with Crippen LogP contribution in [-0.2, 0) is 32.2 Å². The Morgan fingerprint density at radius 3 is 1.33 bits per heavy atom. The fourth-order valence-electron chi connectivity index (χ4n) is 13.1. The highest BCUT2D eigenvalue weighted by atomic mass is 16.5. The fourth-order valence-corrected chi connectivity index (χ4v) is 13.1. The van der Waals surface area contributed by atoms with Crippen molar-refractivity contribution in [1.82, 2.24) is 28.7 Å². The van der Waals surface area contributed by atoms with Gasteiger partial charge < -0.3 is 38.6 Å². The number of nitrogens with zero attached hydrogens (tertiary/aromatic N) is 6. The van der Waals surface area contributed by atoms with Crippen molar-refractivity contribution in [2.45, 2.75) is 102 Å². The van der Waals surface area contributed by atoms with E-state index in [9.17, 15) is 29.4 Å². The zero-order valence-electron chi connectivity index (χ0n) is 38.0. The number of carbonyl (C=O) groups excluding carboxylic acids is 2. The first-order valence-electron chi connectivity index (χ1n) is 24.5. The van der Waals surface area contributed by atoms with E-state index in [0.717, 1.165) is 24.5 Å². The first-order valence-corrected chi connectivity index (χ1v) is 24.5. The molecule has 2 amide bonds. The average Bonchev–Trinajstić information content (AvgIpc) is 4.12. The second kappa shape index (κ2) is 19.9. The molecule has 6 fully saturated rings. The summed E-state index contributed by atoms with van der Waals surface area (Å²) < 4.78 is 14.7. The van der Waals surface area contributed by atoms with E-state index >= 15 is 0 Å². The summed E-state index contributed by atoms with van der Waals surface area (Å²) >= 11 is 0. The van der Waals surface area contributed by atoms with Gasteiger partial charge in [0.05, 0.1) is 50.3 Å². The molecule has 0 spiro atoms. The lowest BCUT2D eigenvalue weighted by atomic mass is 9.86. The molecular formula is C50H70N6O8. The predicted octanol–water partition coefficient (Wildman–Crippen LogP) is 3.79. The standard InChI is InChI=1S/2C25H35N3O4/c2*1-2-5-18-8-9-20-23-22(25(31)26-10-12-32-13-11-26)19(16-29)21(15-28(20)24(18)30)27(23)14-17-6-3-4-7-17/h2*2,5,8-9,17,19,21-23,29H,3-4,6-7,10-16H2,1H3/b5-2+;5-2-/t2*19-,21-,22+,23+/m00/s1. The summed E-state index contributed by atoms with van der Waals surface area (Å²) in [6.07, 6.45) is 17.5. The third-order valence-corrected chi connectivity index (χ3v) is 16.2. The van der Waals surface area contributed by atoms with E-state index in [1.165, 1.54) is 51.4 Å². The molecule has 14 nitrogen and oxygen atoms in total. The second-order valence-corrected chi connectivity index (χ2v) is 19.6. The molecule has 348 valence electrons. The molecule has 4 saturated heterocycles. The number of rotatable bonds is 10. The number of aliphatic hydroxyl groups excluding tert-OH is 2. The minimum atomic E-state index is -0.328. The summed E-state index contributed by atoms with van der Waals surface area (Å²) in [5, 5.41) is 21.0. The summed E-state index contributed by atoms with van der Waals surface area (Å²) in [4.78, 5) is 62.9. The number of allylic oxidation sites excluding steroid dienone is 2. The highest BCUT2D eigenvalue weighted by molar-refractivity contribution is 5.82. The largest absolute Gasteiger partial charge is 0.396 e. The zero-order chi connectivity index (χ0) is 44.5. The van der Waals surface area contributed by atoms with Gasteiger partial charge in [-0.15, -0.1) is 0 Å². The van der Waals surface area contributed by atoms with Crippen molar-refractivity contribution < 1.29 is 29.3 Å². The molecule has 2 aliphatic carbocycles. The van der Waals surface area contributed by atoms with Gasteiger partial charge in [-0.1, -0.05) is 50.0 Å². The lowest BCUT2D eigenvalue weighted by Gasteiger charge is -2.40. The molecule has 64 heavy (non-hydrogen) atoms. The van der Waals surface area contributed by atoms with E-state index in [2.05, 4.69) is 9.80 Å². The molecule has 14 heteroatoms. The number of amides is 2. The van der Waals surface area contributed by atoms with Crippen molar-refractivity contribution in [1.29, 1.82) is 0 Å². The lowest BCUT2D eigenvalue weighted by Crippen LogP contribution is -2.48. The van der Waals surface area contributed by atoms with Crippen LogP contribution in [0.25, 0.3) is 12.2 Å². The third kappa shape index (κ3) is 8.40. The molecule has 0 aromatic carbocycles. The van der Waals surface area contributed by atoms with Gasteiger partial charge >= 0.3 is 0 Å². The quantitative estimate of drug-likeness (QED) is 0.361. The van der Waals surface area contributed by atoms with Gasteiger partial charge in [0, 0.05) is 112 Å². The Balaban J connectivity index is 0.000000162. The van der Waals surface area contributed by atoms with Crippen molar-refractivity contribution in [3.05, 3.63) is 79.6 Å². The molecule has 4 bridgehead atoms. The minimum absolute atomic E-state index is 0.00615. The number of carbonyl (C=O) groups is 2. The number of hydrogen-bond acceptors (Lipinski definition) is 10. The summed E-state index contributed by atoms with van der Waals surface area (Å²) in [6, 6.07) is 7.56. The number of pyridine rings is 2. The number of aromatic nitrogens is 2. The van der Waals surface area contributed by atoms with E-state index in [1.54, 1.807) is 0 Å². The van der Waals surface area contributed by atoms with Crippen LogP contribution in [0, 0.1) is 35.5 Å². The molecular weight excluding hydrogens is 813 g/mol. The van der Waals surface area contributed by atoms with Gasteiger partial charge in [-0.2, -0.15) is 0 Å². The highest BCUT2D eigenvalue weighted by Crippen LogP contribution is 2.51. The Kier molecular flexibility index (Phi) is 14.1. The first kappa shape index (κ1) is 45.2. The molecule has 0 unspecified atom stereocenters. The van der Waals surface area contributed by atoms with E-state index in [4.69, 9.17) is 9.47 Å². The molecule has 10 rings (SSSR count). The number of fused-ring (bicyclic) bond motifs is 8. The van der Waals surface area contributed by atoms with Crippen LogP contribution in [0.15, 0.2) is 46.0 Å². The number of aliphatic hydroxyl groups is 2. The Morgan fingerprint density at radius 2 is 0.984 bits per heavy atom. The number of hydrogen-bond donors (Lipinski definition) is 2. The summed E-state index contributed by atoms with van der Waals surface area (Å²) in [5.41, 5.74) is 3.23. The van der Waals surface area contributed by atoms with Crippen LogP contribution in [0.5, 0.6) is 0 Å². The summed E-state index contributed by atoms with van der Waals surface area (Å²) in [7, 11) is 0. The van der Waals surface area contributed by atoms with E-state index in [-0.39, 0.29) is 84.0 Å². The maximum atomic E-state index is 13.8.